The van der Waals surface area contributed by atoms with Crippen LogP contribution in [0.1, 0.15) is 0 Å². The first kappa shape index (κ1) is 26.6. The fourth-order valence-corrected chi connectivity index (χ4v) is 8.78. The molecule has 0 saturated heterocycles. The monoisotopic (exact) mass is 644 g/mol. The Hall–Kier alpha value is -6.44. The Bertz CT molecular complexity index is 3110. The Morgan fingerprint density at radius 1 is 0.510 bits per heavy atom. The highest BCUT2D eigenvalue weighted by Gasteiger charge is 2.24. The minimum Gasteiger partial charge on any atom is -0.292 e. The highest BCUT2D eigenvalue weighted by molar-refractivity contribution is 7.25. The lowest BCUT2D eigenvalue weighted by atomic mass is 9.99. The molecule has 0 aliphatic carbocycles. The van der Waals surface area contributed by atoms with Gasteiger partial charge in [0, 0.05) is 55.0 Å². The van der Waals surface area contributed by atoms with E-state index < -0.39 is 0 Å². The number of benzene rings is 6. The molecule has 49 heavy (non-hydrogen) atoms. The van der Waals surface area contributed by atoms with Crippen LogP contribution in [0.5, 0.6) is 0 Å². The standard InChI is InChI=1S/C42H24N6S/c1-2-12-26-25(10-1)11-9-16-28(26)39-38-31-15-5-8-19-35(31)49-41(38)46-42(45-39)47-33-18-7-4-14-30(33)37-34(47)21-20-29-27-13-3-6-17-32(27)48(40(29)37)36-24-43-22-23-44-36/h1-24H. The van der Waals surface area contributed by atoms with Crippen molar-refractivity contribution in [3.8, 4) is 23.0 Å². The van der Waals surface area contributed by atoms with E-state index in [4.69, 9.17) is 15.0 Å². The van der Waals surface area contributed by atoms with Crippen LogP contribution in [-0.4, -0.2) is 29.1 Å². The Labute approximate surface area is 283 Å². The molecule has 6 nitrogen and oxygen atoms in total. The summed E-state index contributed by atoms with van der Waals surface area (Å²) in [6.45, 7) is 0. The van der Waals surface area contributed by atoms with E-state index in [2.05, 4.69) is 142 Å². The molecule has 0 amide bonds. The summed E-state index contributed by atoms with van der Waals surface area (Å²) >= 11 is 1.72. The van der Waals surface area contributed by atoms with E-state index in [1.807, 2.05) is 6.20 Å². The molecule has 11 aromatic rings. The van der Waals surface area contributed by atoms with Gasteiger partial charge in [-0.2, -0.15) is 0 Å². The lowest BCUT2D eigenvalue weighted by Crippen LogP contribution is -2.03. The average Bonchev–Trinajstić information content (AvgIpc) is 3.82. The number of nitrogens with zero attached hydrogens (tertiary/aromatic N) is 6. The normalized spacial score (nSPS) is 12.1. The highest BCUT2D eigenvalue weighted by Crippen LogP contribution is 2.44. The summed E-state index contributed by atoms with van der Waals surface area (Å²) < 4.78 is 5.68. The minimum atomic E-state index is 0.648. The first-order valence-corrected chi connectivity index (χ1v) is 17.0. The summed E-state index contributed by atoms with van der Waals surface area (Å²) in [5, 5.41) is 9.20. The molecule has 0 radical (unpaired) electrons. The van der Waals surface area contributed by atoms with Crippen molar-refractivity contribution in [1.29, 1.82) is 0 Å². The second-order valence-corrected chi connectivity index (χ2v) is 13.3. The number of fused-ring (bicyclic) bond motifs is 11. The average molecular weight is 645 g/mol. The zero-order chi connectivity index (χ0) is 32.1. The molecule has 0 aliphatic rings. The molecule has 6 aromatic carbocycles. The van der Waals surface area contributed by atoms with Crippen molar-refractivity contribution in [2.75, 3.05) is 0 Å². The van der Waals surface area contributed by atoms with E-state index in [0.717, 1.165) is 65.5 Å². The van der Waals surface area contributed by atoms with Crippen molar-refractivity contribution < 1.29 is 0 Å². The third-order valence-corrected chi connectivity index (χ3v) is 10.8. The SMILES string of the molecule is c1ccc2c(-c3nc(-n4c5ccccc5c5c4ccc4c6ccccc6n(-c6cnccn6)c45)nc4sc5ccccc5c34)cccc2c1. The van der Waals surface area contributed by atoms with Gasteiger partial charge in [-0.15, -0.1) is 11.3 Å². The molecule has 0 aliphatic heterocycles. The van der Waals surface area contributed by atoms with Gasteiger partial charge in [0.1, 0.15) is 4.83 Å². The molecule has 228 valence electrons. The van der Waals surface area contributed by atoms with Gasteiger partial charge in [0.05, 0.1) is 34.0 Å². The van der Waals surface area contributed by atoms with Crippen LogP contribution in [0.15, 0.2) is 146 Å². The van der Waals surface area contributed by atoms with Gasteiger partial charge in [0.15, 0.2) is 5.82 Å². The summed E-state index contributed by atoms with van der Waals surface area (Å²) in [5.41, 5.74) is 6.29. The Balaban J connectivity index is 1.31. The van der Waals surface area contributed by atoms with Crippen LogP contribution >= 0.6 is 11.3 Å². The fourth-order valence-electron chi connectivity index (χ4n) is 7.71. The first-order chi connectivity index (χ1) is 24.3. The smallest absolute Gasteiger partial charge is 0.236 e. The molecule has 0 N–H and O–H groups in total. The van der Waals surface area contributed by atoms with Crippen molar-refractivity contribution in [3.05, 3.63) is 146 Å². The van der Waals surface area contributed by atoms with Gasteiger partial charge in [0.2, 0.25) is 5.95 Å². The quantitative estimate of drug-likeness (QED) is 0.192. The van der Waals surface area contributed by atoms with Crippen LogP contribution in [0.2, 0.25) is 0 Å². The fraction of sp³-hybridized carbons (Fsp3) is 0. The summed E-state index contributed by atoms with van der Waals surface area (Å²) in [4.78, 5) is 21.1. The van der Waals surface area contributed by atoms with Gasteiger partial charge in [-0.25, -0.2) is 15.0 Å². The van der Waals surface area contributed by atoms with Gasteiger partial charge in [-0.1, -0.05) is 103 Å². The first-order valence-electron chi connectivity index (χ1n) is 16.2. The maximum absolute atomic E-state index is 5.52. The molecule has 5 aromatic heterocycles. The van der Waals surface area contributed by atoms with Crippen LogP contribution in [0.4, 0.5) is 0 Å². The van der Waals surface area contributed by atoms with E-state index in [9.17, 15) is 0 Å². The van der Waals surface area contributed by atoms with Crippen molar-refractivity contribution in [3.63, 3.8) is 0 Å². The van der Waals surface area contributed by atoms with Crippen molar-refractivity contribution in [2.45, 2.75) is 0 Å². The number of thiophene rings is 1. The molecule has 7 heteroatoms. The van der Waals surface area contributed by atoms with Gasteiger partial charge < -0.3 is 0 Å². The highest BCUT2D eigenvalue weighted by atomic mass is 32.1. The summed E-state index contributed by atoms with van der Waals surface area (Å²) in [6.07, 6.45) is 5.30. The molecule has 11 rings (SSSR count). The second-order valence-electron chi connectivity index (χ2n) is 12.3. The van der Waals surface area contributed by atoms with E-state index in [0.29, 0.717) is 5.95 Å². The van der Waals surface area contributed by atoms with Crippen molar-refractivity contribution >= 4 is 86.0 Å². The number of para-hydroxylation sites is 2. The molecule has 0 saturated carbocycles. The van der Waals surface area contributed by atoms with Crippen LogP contribution in [-0.2, 0) is 0 Å². The predicted octanol–water partition coefficient (Wildman–Crippen LogP) is 10.6. The molecular formula is C42H24N6S. The Morgan fingerprint density at radius 2 is 1.24 bits per heavy atom. The molecule has 0 fully saturated rings. The Morgan fingerprint density at radius 3 is 2.10 bits per heavy atom. The van der Waals surface area contributed by atoms with Crippen LogP contribution in [0, 0.1) is 0 Å². The third-order valence-electron chi connectivity index (χ3n) is 9.72. The molecule has 0 unspecified atom stereocenters. The zero-order valence-electron chi connectivity index (χ0n) is 25.9. The number of hydrogen-bond acceptors (Lipinski definition) is 5. The number of aromatic nitrogens is 6. The molecule has 5 heterocycles. The zero-order valence-corrected chi connectivity index (χ0v) is 26.8. The van der Waals surface area contributed by atoms with Crippen LogP contribution in [0.3, 0.4) is 0 Å². The third kappa shape index (κ3) is 3.70. The van der Waals surface area contributed by atoms with Gasteiger partial charge in [0.25, 0.3) is 0 Å². The number of rotatable bonds is 3. The van der Waals surface area contributed by atoms with E-state index >= 15 is 0 Å². The van der Waals surface area contributed by atoms with Crippen LogP contribution in [0.25, 0.3) is 97.7 Å². The minimum absolute atomic E-state index is 0.648. The topological polar surface area (TPSA) is 61.4 Å². The summed E-state index contributed by atoms with van der Waals surface area (Å²) in [5.74, 6) is 1.42. The predicted molar refractivity (Wildman–Crippen MR) is 202 cm³/mol. The van der Waals surface area contributed by atoms with Gasteiger partial charge >= 0.3 is 0 Å². The van der Waals surface area contributed by atoms with E-state index in [1.54, 1.807) is 23.7 Å². The molecule has 0 atom stereocenters. The van der Waals surface area contributed by atoms with Crippen molar-refractivity contribution in [2.24, 2.45) is 0 Å². The summed E-state index contributed by atoms with van der Waals surface area (Å²) in [6, 6.07) is 45.1. The van der Waals surface area contributed by atoms with Gasteiger partial charge in [-0.05, 0) is 35.0 Å². The van der Waals surface area contributed by atoms with Crippen molar-refractivity contribution in [1.82, 2.24) is 29.1 Å². The van der Waals surface area contributed by atoms with Gasteiger partial charge in [-0.3, -0.25) is 14.1 Å². The number of hydrogen-bond donors (Lipinski definition) is 0. The molecule has 0 spiro atoms. The molecule has 0 bridgehead atoms. The van der Waals surface area contributed by atoms with Crippen LogP contribution < -0.4 is 0 Å². The maximum atomic E-state index is 5.52. The second kappa shape index (κ2) is 10.0. The largest absolute Gasteiger partial charge is 0.292 e. The van der Waals surface area contributed by atoms with E-state index in [1.165, 1.54) is 26.2 Å². The summed E-state index contributed by atoms with van der Waals surface area (Å²) in [7, 11) is 0. The maximum Gasteiger partial charge on any atom is 0.236 e. The Kier molecular flexibility index (Phi) is 5.45. The lowest BCUT2D eigenvalue weighted by Gasteiger charge is -2.12. The van der Waals surface area contributed by atoms with E-state index in [-0.39, 0.29) is 0 Å². The molecular weight excluding hydrogens is 621 g/mol. The lowest BCUT2D eigenvalue weighted by molar-refractivity contribution is 1.02.